The molecule has 0 fully saturated rings. The van der Waals surface area contributed by atoms with Gasteiger partial charge in [0.05, 0.1) is 42.2 Å². The minimum atomic E-state index is -0.977. The summed E-state index contributed by atoms with van der Waals surface area (Å²) in [6.07, 6.45) is 1.15. The Balaban J connectivity index is 1.26. The van der Waals surface area contributed by atoms with Gasteiger partial charge in [-0.1, -0.05) is 54.1 Å². The lowest BCUT2D eigenvalue weighted by Crippen LogP contribution is -2.09. The Hall–Kier alpha value is -4.84. The van der Waals surface area contributed by atoms with Crippen molar-refractivity contribution in [2.24, 2.45) is 7.05 Å². The maximum atomic E-state index is 13.0. The van der Waals surface area contributed by atoms with Crippen LogP contribution in [0, 0.1) is 6.92 Å². The van der Waals surface area contributed by atoms with Gasteiger partial charge in [-0.3, -0.25) is 9.36 Å². The fourth-order valence-electron chi connectivity index (χ4n) is 7.86. The van der Waals surface area contributed by atoms with E-state index in [1.165, 1.54) is 5.69 Å². The van der Waals surface area contributed by atoms with Crippen LogP contribution in [0.25, 0.3) is 32.8 Å². The molecule has 1 N–H and O–H groups in total. The average molecular weight is 806 g/mol. The highest BCUT2D eigenvalue weighted by molar-refractivity contribution is 7.98. The number of thioether (sulfide) groups is 2. The monoisotopic (exact) mass is 805 g/mol. The number of ether oxygens (including phenoxy) is 2. The van der Waals surface area contributed by atoms with Gasteiger partial charge in [-0.2, -0.15) is 10.2 Å². The fourth-order valence-corrected chi connectivity index (χ4v) is 9.89. The summed E-state index contributed by atoms with van der Waals surface area (Å²) in [6, 6.07) is 26.9. The zero-order valence-corrected chi connectivity index (χ0v) is 34.5. The Bertz CT molecular complexity index is 2590. The molecule has 288 valence electrons. The number of carboxylic acid groups (broad SMARTS) is 1. The molecule has 0 amide bonds. The number of nitrogens with zero attached hydrogens (tertiary/aromatic N) is 5. The van der Waals surface area contributed by atoms with E-state index in [1.54, 1.807) is 35.2 Å². The summed E-state index contributed by atoms with van der Waals surface area (Å²) in [5.74, 6) is 2.72. The van der Waals surface area contributed by atoms with Crippen LogP contribution in [0.5, 0.6) is 11.5 Å². The van der Waals surface area contributed by atoms with Crippen LogP contribution in [-0.2, 0) is 37.3 Å². The summed E-state index contributed by atoms with van der Waals surface area (Å²) < 4.78 is 17.9. The lowest BCUT2D eigenvalue weighted by Gasteiger charge is -2.14. The molecular weight excluding hydrogens is 762 g/mol. The van der Waals surface area contributed by atoms with E-state index in [-0.39, 0.29) is 11.7 Å². The van der Waals surface area contributed by atoms with Crippen LogP contribution < -0.4 is 9.47 Å². The molecule has 56 heavy (non-hydrogen) atoms. The molecule has 9 nitrogen and oxygen atoms in total. The molecule has 3 aromatic heterocycles. The molecule has 4 heterocycles. The molecule has 0 unspecified atom stereocenters. The second kappa shape index (κ2) is 16.0. The number of methoxy groups -OCH3 is 1. The van der Waals surface area contributed by atoms with Gasteiger partial charge in [0, 0.05) is 68.5 Å². The van der Waals surface area contributed by atoms with Gasteiger partial charge in [-0.05, 0) is 86.5 Å². The number of aromatic nitrogens is 5. The summed E-state index contributed by atoms with van der Waals surface area (Å²) in [5.41, 5.74) is 8.65. The summed E-state index contributed by atoms with van der Waals surface area (Å²) in [5, 5.41) is 24.5. The Kier molecular flexibility index (Phi) is 10.8. The molecule has 0 saturated carbocycles. The van der Waals surface area contributed by atoms with Crippen molar-refractivity contribution in [2.75, 3.05) is 13.7 Å². The topological polar surface area (TPSA) is 96.3 Å². The van der Waals surface area contributed by atoms with E-state index in [0.29, 0.717) is 42.5 Å². The quantitative estimate of drug-likeness (QED) is 0.184. The molecule has 0 saturated heterocycles. The molecule has 7 aromatic rings. The number of aryl methyl sites for hydroxylation is 2. The number of rotatable bonds is 5. The molecular formula is C44H44ClN5O4S2. The van der Waals surface area contributed by atoms with Gasteiger partial charge in [-0.15, -0.1) is 23.5 Å². The van der Waals surface area contributed by atoms with Crippen molar-refractivity contribution < 1.29 is 19.4 Å². The summed E-state index contributed by atoms with van der Waals surface area (Å²) in [7, 11) is 3.49. The smallest absolute Gasteiger partial charge is 0.352 e. The first-order valence-electron chi connectivity index (χ1n) is 18.8. The lowest BCUT2D eigenvalue weighted by atomic mass is 9.98. The average Bonchev–Trinajstić information content (AvgIpc) is 3.83. The highest BCUT2D eigenvalue weighted by atomic mass is 35.5. The third-order valence-corrected chi connectivity index (χ3v) is 12.8. The lowest BCUT2D eigenvalue weighted by molar-refractivity contribution is 0.0685. The molecule has 0 atom stereocenters. The van der Waals surface area contributed by atoms with Crippen molar-refractivity contribution >= 4 is 62.8 Å². The molecule has 1 aliphatic rings. The van der Waals surface area contributed by atoms with Crippen LogP contribution in [-0.4, -0.2) is 48.9 Å². The maximum absolute atomic E-state index is 13.0. The van der Waals surface area contributed by atoms with Gasteiger partial charge in [-0.25, -0.2) is 4.79 Å². The predicted octanol–water partition coefficient (Wildman–Crippen LogP) is 10.7. The van der Waals surface area contributed by atoms with Gasteiger partial charge in [0.2, 0.25) is 0 Å². The normalized spacial score (nSPS) is 13.8. The van der Waals surface area contributed by atoms with Crippen molar-refractivity contribution in [1.29, 1.82) is 0 Å². The van der Waals surface area contributed by atoms with Gasteiger partial charge in [0.25, 0.3) is 0 Å². The first-order chi connectivity index (χ1) is 27.1. The minimum absolute atomic E-state index is 0.210. The first kappa shape index (κ1) is 38.1. The van der Waals surface area contributed by atoms with E-state index in [2.05, 4.69) is 61.9 Å². The maximum Gasteiger partial charge on any atom is 0.352 e. The van der Waals surface area contributed by atoms with Crippen LogP contribution in [0.1, 0.15) is 70.7 Å². The largest absolute Gasteiger partial charge is 0.497 e. The van der Waals surface area contributed by atoms with Crippen LogP contribution in [0.2, 0.25) is 5.02 Å². The van der Waals surface area contributed by atoms with Crippen LogP contribution >= 0.6 is 35.1 Å². The van der Waals surface area contributed by atoms with Crippen molar-refractivity contribution in [2.45, 2.75) is 68.4 Å². The fraction of sp³-hybridized carbons (Fsp3) is 0.295. The first-order valence-corrected chi connectivity index (χ1v) is 21.3. The van der Waals surface area contributed by atoms with E-state index in [4.69, 9.17) is 31.3 Å². The standard InChI is InChI=1S/C44H44ClN5O4S2/c1-26(2)50-31-20-30(46-50)23-55-25-38-40(27(3)49(47-38)22-28-12-14-32(53-5)15-13-28)41-37(45)17-16-36-35(43(44(51)52)48(4)42(36)41)11-8-18-54-39-21-33(56-24-31)19-29-9-6-7-10-34(29)39/h6-7,9-10,12-17,19-21,26H,8,11,18,22-25H2,1-5H3,(H,51,52). The van der Waals surface area contributed by atoms with Crippen LogP contribution in [0.15, 0.2) is 83.8 Å². The number of aromatic carboxylic acids is 1. The van der Waals surface area contributed by atoms with Gasteiger partial charge < -0.3 is 19.1 Å². The number of hydrogen-bond acceptors (Lipinski definition) is 7. The summed E-state index contributed by atoms with van der Waals surface area (Å²) in [6.45, 7) is 7.39. The van der Waals surface area contributed by atoms with Crippen LogP contribution in [0.4, 0.5) is 0 Å². The molecule has 1 aliphatic heterocycles. The summed E-state index contributed by atoms with van der Waals surface area (Å²) in [4.78, 5) is 14.1. The molecule has 4 aromatic carbocycles. The van der Waals surface area contributed by atoms with Crippen molar-refractivity contribution in [3.8, 4) is 22.6 Å². The summed E-state index contributed by atoms with van der Waals surface area (Å²) >= 11 is 10.7. The van der Waals surface area contributed by atoms with Crippen molar-refractivity contribution in [1.82, 2.24) is 24.1 Å². The SMILES string of the molecule is COc1ccc(Cn2nc3c(c2C)-c2c(Cl)ccc4c(c(C(=O)O)n(C)c24)CCCOc2cc(cc4ccccc24)SCc2cc(nn2C(C)C)CSC3)cc1. The number of benzene rings is 4. The highest BCUT2D eigenvalue weighted by Gasteiger charge is 2.28. The van der Waals surface area contributed by atoms with E-state index in [0.717, 1.165) is 83.2 Å². The Morgan fingerprint density at radius 3 is 2.55 bits per heavy atom. The number of hydrogen-bond donors (Lipinski definition) is 1. The zero-order chi connectivity index (χ0) is 39.1. The van der Waals surface area contributed by atoms with E-state index >= 15 is 0 Å². The van der Waals surface area contributed by atoms with Crippen molar-refractivity contribution in [3.05, 3.63) is 123 Å². The predicted molar refractivity (Wildman–Crippen MR) is 228 cm³/mol. The number of fused-ring (bicyclic) bond motifs is 8. The molecule has 12 heteroatoms. The van der Waals surface area contributed by atoms with Crippen LogP contribution in [0.3, 0.4) is 0 Å². The Morgan fingerprint density at radius 2 is 1.79 bits per heavy atom. The molecule has 8 bridgehead atoms. The number of carboxylic acids is 1. The molecule has 0 aliphatic carbocycles. The van der Waals surface area contributed by atoms with Gasteiger partial charge in [0.1, 0.15) is 17.2 Å². The number of halogens is 1. The van der Waals surface area contributed by atoms with E-state index in [1.807, 2.05) is 54.2 Å². The number of carbonyl (C=O) groups is 1. The Morgan fingerprint density at radius 1 is 0.982 bits per heavy atom. The van der Waals surface area contributed by atoms with Crippen molar-refractivity contribution in [3.63, 3.8) is 0 Å². The third-order valence-electron chi connectivity index (χ3n) is 10.5. The second-order valence-corrected chi connectivity index (χ2v) is 16.9. The highest BCUT2D eigenvalue weighted by Crippen LogP contribution is 2.43. The molecule has 0 radical (unpaired) electrons. The third kappa shape index (κ3) is 7.28. The van der Waals surface area contributed by atoms with E-state index < -0.39 is 5.97 Å². The van der Waals surface area contributed by atoms with Gasteiger partial charge in [0.15, 0.2) is 0 Å². The minimum Gasteiger partial charge on any atom is -0.497 e. The zero-order valence-electron chi connectivity index (χ0n) is 32.1. The molecule has 8 rings (SSSR count). The molecule has 0 spiro atoms. The van der Waals surface area contributed by atoms with E-state index in [9.17, 15) is 9.90 Å². The Labute approximate surface area is 339 Å². The second-order valence-electron chi connectivity index (χ2n) is 14.5. The van der Waals surface area contributed by atoms with Gasteiger partial charge >= 0.3 is 5.97 Å².